The lowest BCUT2D eigenvalue weighted by Crippen LogP contribution is -2.54. The van der Waals surface area contributed by atoms with Crippen LogP contribution in [0.2, 0.25) is 0 Å². The minimum atomic E-state index is -0.805. The van der Waals surface area contributed by atoms with E-state index in [2.05, 4.69) is 16.0 Å². The summed E-state index contributed by atoms with van der Waals surface area (Å²) in [6.07, 6.45) is 2.32. The number of rotatable bonds is 25. The fourth-order valence-corrected chi connectivity index (χ4v) is 3.13. The second-order valence-corrected chi connectivity index (χ2v) is 8.94. The molecular formula is C27H55N5O8. The van der Waals surface area contributed by atoms with E-state index in [9.17, 15) is 19.2 Å². The number of hydrogen-bond acceptors (Lipinski definition) is 9. The molecule has 0 spiro atoms. The first-order valence-electron chi connectivity index (χ1n) is 14.4. The maximum atomic E-state index is 12.7. The van der Waals surface area contributed by atoms with Gasteiger partial charge < -0.3 is 46.4 Å². The van der Waals surface area contributed by atoms with E-state index in [0.29, 0.717) is 78.6 Å². The SMILES string of the molecule is CC.CCC(=O)NCCOCCOCCOCCOCCC(=O)NC(C(=O)NC(CCCCN)C(N)=O)C(C)C. The predicted octanol–water partition coefficient (Wildman–Crippen LogP) is 0.235. The fourth-order valence-electron chi connectivity index (χ4n) is 3.13. The molecule has 0 rings (SSSR count). The van der Waals surface area contributed by atoms with Crippen LogP contribution in [0.25, 0.3) is 0 Å². The Kier molecular flexibility index (Phi) is 28.1. The van der Waals surface area contributed by atoms with E-state index in [1.165, 1.54) is 0 Å². The molecule has 0 aliphatic carbocycles. The number of nitrogens with two attached hydrogens (primary N) is 2. The molecular weight excluding hydrogens is 522 g/mol. The molecule has 0 saturated heterocycles. The minimum Gasteiger partial charge on any atom is -0.379 e. The van der Waals surface area contributed by atoms with Crippen molar-refractivity contribution < 1.29 is 38.1 Å². The maximum Gasteiger partial charge on any atom is 0.243 e. The summed E-state index contributed by atoms with van der Waals surface area (Å²) in [4.78, 5) is 47.7. The van der Waals surface area contributed by atoms with Gasteiger partial charge in [0.1, 0.15) is 12.1 Å². The molecule has 0 aliphatic heterocycles. The van der Waals surface area contributed by atoms with Gasteiger partial charge >= 0.3 is 0 Å². The Morgan fingerprint density at radius 2 is 1.27 bits per heavy atom. The Morgan fingerprint density at radius 1 is 0.750 bits per heavy atom. The third-order valence-corrected chi connectivity index (χ3v) is 5.35. The number of nitrogens with one attached hydrogen (secondary N) is 3. The molecule has 0 radical (unpaired) electrons. The van der Waals surface area contributed by atoms with Gasteiger partial charge in [0, 0.05) is 19.4 Å². The summed E-state index contributed by atoms with van der Waals surface area (Å²) in [5, 5.41) is 8.06. The second kappa shape index (κ2) is 28.2. The van der Waals surface area contributed by atoms with E-state index in [1.807, 2.05) is 13.8 Å². The van der Waals surface area contributed by atoms with Gasteiger partial charge in [0.05, 0.1) is 52.9 Å². The first-order valence-corrected chi connectivity index (χ1v) is 14.4. The number of carbonyl (C=O) groups excluding carboxylic acids is 4. The lowest BCUT2D eigenvalue weighted by molar-refractivity contribution is -0.132. The first kappa shape index (κ1) is 39.8. The number of hydrogen-bond donors (Lipinski definition) is 5. The van der Waals surface area contributed by atoms with Crippen molar-refractivity contribution in [3.8, 4) is 0 Å². The van der Waals surface area contributed by atoms with Crippen LogP contribution in [0.3, 0.4) is 0 Å². The summed E-state index contributed by atoms with van der Waals surface area (Å²) in [6, 6.07) is -1.60. The Morgan fingerprint density at radius 3 is 1.75 bits per heavy atom. The summed E-state index contributed by atoms with van der Waals surface area (Å²) < 4.78 is 21.5. The quantitative estimate of drug-likeness (QED) is 0.0945. The van der Waals surface area contributed by atoms with Gasteiger partial charge in [-0.2, -0.15) is 0 Å². The first-order chi connectivity index (χ1) is 19.2. The Hall–Kier alpha value is -2.32. The van der Waals surface area contributed by atoms with Crippen molar-refractivity contribution in [2.75, 3.05) is 65.9 Å². The molecule has 0 aromatic carbocycles. The van der Waals surface area contributed by atoms with E-state index in [1.54, 1.807) is 20.8 Å². The molecule has 0 saturated carbocycles. The summed E-state index contributed by atoms with van der Waals surface area (Å²) in [5.41, 5.74) is 10.9. The molecule has 40 heavy (non-hydrogen) atoms. The zero-order chi connectivity index (χ0) is 30.6. The molecule has 0 aromatic rings. The molecule has 236 valence electrons. The van der Waals surface area contributed by atoms with Gasteiger partial charge in [0.15, 0.2) is 0 Å². The van der Waals surface area contributed by atoms with E-state index in [-0.39, 0.29) is 30.8 Å². The molecule has 2 atom stereocenters. The third kappa shape index (κ3) is 23.6. The molecule has 0 fully saturated rings. The van der Waals surface area contributed by atoms with Crippen molar-refractivity contribution in [3.63, 3.8) is 0 Å². The maximum absolute atomic E-state index is 12.7. The Bertz CT molecular complexity index is 667. The van der Waals surface area contributed by atoms with Crippen molar-refractivity contribution >= 4 is 23.6 Å². The number of primary amides is 1. The van der Waals surface area contributed by atoms with Crippen LogP contribution in [0.4, 0.5) is 0 Å². The molecule has 13 heteroatoms. The highest BCUT2D eigenvalue weighted by atomic mass is 16.6. The summed E-state index contributed by atoms with van der Waals surface area (Å²) in [5.74, 6) is -1.59. The van der Waals surface area contributed by atoms with Crippen LogP contribution in [0.1, 0.15) is 66.7 Å². The van der Waals surface area contributed by atoms with Crippen LogP contribution in [-0.2, 0) is 38.1 Å². The highest BCUT2D eigenvalue weighted by Crippen LogP contribution is 2.06. The van der Waals surface area contributed by atoms with Crippen LogP contribution in [0, 0.1) is 5.92 Å². The lowest BCUT2D eigenvalue weighted by atomic mass is 10.0. The van der Waals surface area contributed by atoms with E-state index >= 15 is 0 Å². The van der Waals surface area contributed by atoms with Gasteiger partial charge in [0.2, 0.25) is 23.6 Å². The molecule has 0 aromatic heterocycles. The fraction of sp³-hybridized carbons (Fsp3) is 0.852. The molecule has 0 heterocycles. The monoisotopic (exact) mass is 577 g/mol. The van der Waals surface area contributed by atoms with Crippen molar-refractivity contribution in [2.24, 2.45) is 17.4 Å². The smallest absolute Gasteiger partial charge is 0.243 e. The molecule has 13 nitrogen and oxygen atoms in total. The molecule has 7 N–H and O–H groups in total. The van der Waals surface area contributed by atoms with Gasteiger partial charge in [0.25, 0.3) is 0 Å². The van der Waals surface area contributed by atoms with Crippen molar-refractivity contribution in [1.82, 2.24) is 16.0 Å². The molecule has 0 aliphatic rings. The van der Waals surface area contributed by atoms with Gasteiger partial charge in [-0.1, -0.05) is 34.6 Å². The Balaban J connectivity index is 0. The Labute approximate surface area is 240 Å². The average molecular weight is 578 g/mol. The topological polar surface area (TPSA) is 193 Å². The molecule has 0 bridgehead atoms. The number of carbonyl (C=O) groups is 4. The average Bonchev–Trinajstić information content (AvgIpc) is 2.93. The number of amides is 4. The standard InChI is InChI=1S/C25H49N5O8.C2H6/c1-4-21(31)28-10-12-36-14-16-38-18-17-37-15-13-35-11-8-22(32)30-23(19(2)3)25(34)29-20(24(27)33)7-5-6-9-26;1-2/h19-20,23H,4-18,26H2,1-3H3,(H2,27,33)(H,28,31)(H,29,34)(H,30,32);1-2H3. The summed E-state index contributed by atoms with van der Waals surface area (Å²) in [6.45, 7) is 13.4. The largest absolute Gasteiger partial charge is 0.379 e. The van der Waals surface area contributed by atoms with Crippen LogP contribution in [0.15, 0.2) is 0 Å². The molecule has 4 amide bonds. The van der Waals surface area contributed by atoms with Gasteiger partial charge in [-0.15, -0.1) is 0 Å². The van der Waals surface area contributed by atoms with Crippen LogP contribution >= 0.6 is 0 Å². The predicted molar refractivity (Wildman–Crippen MR) is 153 cm³/mol. The summed E-state index contributed by atoms with van der Waals surface area (Å²) >= 11 is 0. The number of ether oxygens (including phenoxy) is 4. The van der Waals surface area contributed by atoms with Crippen LogP contribution < -0.4 is 27.4 Å². The van der Waals surface area contributed by atoms with Gasteiger partial charge in [-0.3, -0.25) is 19.2 Å². The summed E-state index contributed by atoms with van der Waals surface area (Å²) in [7, 11) is 0. The van der Waals surface area contributed by atoms with Gasteiger partial charge in [-0.05, 0) is 31.7 Å². The molecule has 2 unspecified atom stereocenters. The third-order valence-electron chi connectivity index (χ3n) is 5.35. The number of unbranched alkanes of at least 4 members (excludes halogenated alkanes) is 1. The zero-order valence-electron chi connectivity index (χ0n) is 25.3. The van der Waals surface area contributed by atoms with E-state index in [0.717, 1.165) is 6.42 Å². The van der Waals surface area contributed by atoms with E-state index in [4.69, 9.17) is 30.4 Å². The van der Waals surface area contributed by atoms with Crippen molar-refractivity contribution in [1.29, 1.82) is 0 Å². The highest BCUT2D eigenvalue weighted by Gasteiger charge is 2.27. The lowest BCUT2D eigenvalue weighted by Gasteiger charge is -2.24. The second-order valence-electron chi connectivity index (χ2n) is 8.94. The van der Waals surface area contributed by atoms with Crippen LogP contribution in [0.5, 0.6) is 0 Å². The zero-order valence-corrected chi connectivity index (χ0v) is 25.3. The van der Waals surface area contributed by atoms with E-state index < -0.39 is 23.9 Å². The normalized spacial score (nSPS) is 12.2. The van der Waals surface area contributed by atoms with Crippen molar-refractivity contribution in [2.45, 2.75) is 78.8 Å². The van der Waals surface area contributed by atoms with Crippen molar-refractivity contribution in [3.05, 3.63) is 0 Å². The van der Waals surface area contributed by atoms with Crippen LogP contribution in [-0.4, -0.2) is 102 Å². The highest BCUT2D eigenvalue weighted by molar-refractivity contribution is 5.91. The minimum absolute atomic E-state index is 0.000105. The van der Waals surface area contributed by atoms with Gasteiger partial charge in [-0.25, -0.2) is 0 Å².